The zero-order valence-electron chi connectivity index (χ0n) is 10.2. The van der Waals surface area contributed by atoms with E-state index >= 15 is 0 Å². The third-order valence-electron chi connectivity index (χ3n) is 4.06. The molecule has 0 amide bonds. The minimum atomic E-state index is 0.177. The van der Waals surface area contributed by atoms with Gasteiger partial charge < -0.3 is 0 Å². The molecule has 1 aliphatic carbocycles. The summed E-state index contributed by atoms with van der Waals surface area (Å²) in [7, 11) is 0. The second-order valence-corrected chi connectivity index (χ2v) is 6.12. The van der Waals surface area contributed by atoms with Crippen LogP contribution in [0.3, 0.4) is 0 Å². The van der Waals surface area contributed by atoms with Gasteiger partial charge in [0.2, 0.25) is 0 Å². The SMILES string of the molecule is CC1(C)CCCCC1C(Cl)c1ccccc1. The van der Waals surface area contributed by atoms with E-state index in [0.717, 1.165) is 0 Å². The molecule has 16 heavy (non-hydrogen) atoms. The highest BCUT2D eigenvalue weighted by Crippen LogP contribution is 2.49. The van der Waals surface area contributed by atoms with Crippen molar-refractivity contribution >= 4 is 11.6 Å². The van der Waals surface area contributed by atoms with Crippen molar-refractivity contribution in [2.45, 2.75) is 44.9 Å². The van der Waals surface area contributed by atoms with Crippen LogP contribution in [0.15, 0.2) is 30.3 Å². The number of hydrogen-bond donors (Lipinski definition) is 0. The minimum Gasteiger partial charge on any atom is -0.118 e. The molecule has 2 unspecified atom stereocenters. The van der Waals surface area contributed by atoms with Crippen LogP contribution in [0.5, 0.6) is 0 Å². The Balaban J connectivity index is 2.17. The number of alkyl halides is 1. The van der Waals surface area contributed by atoms with E-state index in [-0.39, 0.29) is 5.38 Å². The molecule has 0 radical (unpaired) electrons. The molecule has 0 N–H and O–H groups in total. The fourth-order valence-corrected chi connectivity index (χ4v) is 3.55. The topological polar surface area (TPSA) is 0 Å². The van der Waals surface area contributed by atoms with E-state index in [4.69, 9.17) is 11.6 Å². The molecule has 1 fully saturated rings. The summed E-state index contributed by atoms with van der Waals surface area (Å²) in [6, 6.07) is 10.5. The monoisotopic (exact) mass is 236 g/mol. The average Bonchev–Trinajstić information content (AvgIpc) is 2.29. The molecule has 0 nitrogen and oxygen atoms in total. The molecule has 0 spiro atoms. The third kappa shape index (κ3) is 2.43. The van der Waals surface area contributed by atoms with Crippen molar-refractivity contribution in [3.63, 3.8) is 0 Å². The maximum atomic E-state index is 6.67. The highest BCUT2D eigenvalue weighted by Gasteiger charge is 2.37. The van der Waals surface area contributed by atoms with Gasteiger partial charge in [0.05, 0.1) is 5.38 Å². The predicted octanol–water partition coefficient (Wildman–Crippen LogP) is 5.18. The summed E-state index contributed by atoms with van der Waals surface area (Å²) in [6.45, 7) is 4.74. The Hall–Kier alpha value is -0.490. The minimum absolute atomic E-state index is 0.177. The van der Waals surface area contributed by atoms with Crippen LogP contribution in [-0.2, 0) is 0 Å². The van der Waals surface area contributed by atoms with E-state index in [1.807, 2.05) is 0 Å². The van der Waals surface area contributed by atoms with Gasteiger partial charge in [-0.15, -0.1) is 11.6 Å². The molecule has 0 aromatic heterocycles. The molecule has 0 heterocycles. The van der Waals surface area contributed by atoms with Crippen LogP contribution < -0.4 is 0 Å². The lowest BCUT2D eigenvalue weighted by Gasteiger charge is -2.41. The molecule has 1 heteroatoms. The van der Waals surface area contributed by atoms with Gasteiger partial charge in [0.25, 0.3) is 0 Å². The molecule has 2 rings (SSSR count). The van der Waals surface area contributed by atoms with Gasteiger partial charge >= 0.3 is 0 Å². The Kier molecular flexibility index (Phi) is 3.59. The van der Waals surface area contributed by atoms with E-state index in [2.05, 4.69) is 44.2 Å². The smallest absolute Gasteiger partial charge is 0.0618 e. The van der Waals surface area contributed by atoms with Gasteiger partial charge in [-0.2, -0.15) is 0 Å². The van der Waals surface area contributed by atoms with E-state index < -0.39 is 0 Å². The van der Waals surface area contributed by atoms with Gasteiger partial charge in [0.1, 0.15) is 0 Å². The first-order chi connectivity index (χ1) is 7.61. The molecular formula is C15H21Cl. The van der Waals surface area contributed by atoms with Crippen molar-refractivity contribution in [1.29, 1.82) is 0 Å². The molecule has 2 atom stereocenters. The summed E-state index contributed by atoms with van der Waals surface area (Å²) in [4.78, 5) is 0. The van der Waals surface area contributed by atoms with E-state index in [1.165, 1.54) is 31.2 Å². The molecule has 0 bridgehead atoms. The second kappa shape index (κ2) is 4.79. The van der Waals surface area contributed by atoms with Gasteiger partial charge in [0, 0.05) is 0 Å². The Bertz CT molecular complexity index is 329. The average molecular weight is 237 g/mol. The van der Waals surface area contributed by atoms with Crippen molar-refractivity contribution in [3.8, 4) is 0 Å². The number of benzene rings is 1. The fraction of sp³-hybridized carbons (Fsp3) is 0.600. The lowest BCUT2D eigenvalue weighted by Crippen LogP contribution is -2.30. The standard InChI is InChI=1S/C15H21Cl/c1-15(2)11-7-6-10-13(15)14(16)12-8-4-3-5-9-12/h3-5,8-9,13-14H,6-7,10-11H2,1-2H3. The van der Waals surface area contributed by atoms with Crippen LogP contribution in [0, 0.1) is 11.3 Å². The highest BCUT2D eigenvalue weighted by atomic mass is 35.5. The van der Waals surface area contributed by atoms with Gasteiger partial charge in [-0.25, -0.2) is 0 Å². The molecular weight excluding hydrogens is 216 g/mol. The molecule has 1 aromatic rings. The first-order valence-corrected chi connectivity index (χ1v) is 6.74. The quantitative estimate of drug-likeness (QED) is 0.621. The van der Waals surface area contributed by atoms with Gasteiger partial charge in [-0.1, -0.05) is 57.0 Å². The van der Waals surface area contributed by atoms with Crippen molar-refractivity contribution in [2.24, 2.45) is 11.3 Å². The van der Waals surface area contributed by atoms with E-state index in [1.54, 1.807) is 0 Å². The molecule has 0 aliphatic heterocycles. The Morgan fingerprint density at radius 1 is 1.19 bits per heavy atom. The Labute approximate surface area is 104 Å². The predicted molar refractivity (Wildman–Crippen MR) is 70.8 cm³/mol. The molecule has 0 saturated heterocycles. The second-order valence-electron chi connectivity index (χ2n) is 5.65. The summed E-state index contributed by atoms with van der Waals surface area (Å²) < 4.78 is 0. The molecule has 1 saturated carbocycles. The van der Waals surface area contributed by atoms with Crippen molar-refractivity contribution < 1.29 is 0 Å². The molecule has 88 valence electrons. The van der Waals surface area contributed by atoms with Crippen LogP contribution in [-0.4, -0.2) is 0 Å². The zero-order valence-corrected chi connectivity index (χ0v) is 11.0. The van der Waals surface area contributed by atoms with Gasteiger partial charge in [0.15, 0.2) is 0 Å². The summed E-state index contributed by atoms with van der Waals surface area (Å²) in [5.74, 6) is 0.616. The summed E-state index contributed by atoms with van der Waals surface area (Å²) in [6.07, 6.45) is 5.29. The Morgan fingerprint density at radius 2 is 1.88 bits per heavy atom. The van der Waals surface area contributed by atoms with Crippen molar-refractivity contribution in [1.82, 2.24) is 0 Å². The van der Waals surface area contributed by atoms with E-state index in [9.17, 15) is 0 Å². The maximum absolute atomic E-state index is 6.67. The van der Waals surface area contributed by atoms with Crippen LogP contribution >= 0.6 is 11.6 Å². The first-order valence-electron chi connectivity index (χ1n) is 6.30. The lowest BCUT2D eigenvalue weighted by molar-refractivity contribution is 0.133. The highest BCUT2D eigenvalue weighted by molar-refractivity contribution is 6.21. The summed E-state index contributed by atoms with van der Waals surface area (Å²) in [5.41, 5.74) is 1.67. The molecule has 1 aliphatic rings. The number of halogens is 1. The van der Waals surface area contributed by atoms with E-state index in [0.29, 0.717) is 11.3 Å². The number of hydrogen-bond acceptors (Lipinski definition) is 0. The summed E-state index contributed by atoms with van der Waals surface area (Å²) in [5, 5.41) is 0.177. The van der Waals surface area contributed by atoms with Crippen molar-refractivity contribution in [2.75, 3.05) is 0 Å². The van der Waals surface area contributed by atoms with Crippen LogP contribution in [0.2, 0.25) is 0 Å². The zero-order chi connectivity index (χ0) is 11.6. The summed E-state index contributed by atoms with van der Waals surface area (Å²) >= 11 is 6.67. The third-order valence-corrected chi connectivity index (χ3v) is 4.62. The van der Waals surface area contributed by atoms with Gasteiger partial charge in [-0.3, -0.25) is 0 Å². The molecule has 1 aromatic carbocycles. The largest absolute Gasteiger partial charge is 0.118 e. The van der Waals surface area contributed by atoms with Crippen molar-refractivity contribution in [3.05, 3.63) is 35.9 Å². The van der Waals surface area contributed by atoms with Crippen LogP contribution in [0.4, 0.5) is 0 Å². The van der Waals surface area contributed by atoms with Gasteiger partial charge in [-0.05, 0) is 29.7 Å². The van der Waals surface area contributed by atoms with Crippen LogP contribution in [0.1, 0.15) is 50.5 Å². The lowest BCUT2D eigenvalue weighted by atomic mass is 9.66. The number of rotatable bonds is 2. The van der Waals surface area contributed by atoms with Crippen LogP contribution in [0.25, 0.3) is 0 Å². The Morgan fingerprint density at radius 3 is 2.50 bits per heavy atom. The first kappa shape index (κ1) is 12.0. The normalized spacial score (nSPS) is 26.3. The fourth-order valence-electron chi connectivity index (χ4n) is 2.93. The maximum Gasteiger partial charge on any atom is 0.0618 e.